The van der Waals surface area contributed by atoms with Crippen molar-refractivity contribution in [1.82, 2.24) is 0 Å². The minimum absolute atomic E-state index is 0.130. The summed E-state index contributed by atoms with van der Waals surface area (Å²) in [6, 6.07) is 25.0. The van der Waals surface area contributed by atoms with E-state index in [0.717, 1.165) is 18.7 Å². The highest BCUT2D eigenvalue weighted by Crippen LogP contribution is 2.27. The van der Waals surface area contributed by atoms with Gasteiger partial charge in [-0.15, -0.1) is 0 Å². The molecule has 150 valence electrons. The zero-order valence-corrected chi connectivity index (χ0v) is 17.8. The lowest BCUT2D eigenvalue weighted by atomic mass is 9.87. The lowest BCUT2D eigenvalue weighted by molar-refractivity contribution is 0.100. The topological polar surface area (TPSA) is 46.3 Å². The number of aryl methyl sites for hydroxylation is 1. The van der Waals surface area contributed by atoms with Crippen LogP contribution in [0.5, 0.6) is 0 Å². The molecular weight excluding hydrogens is 356 g/mol. The van der Waals surface area contributed by atoms with Crippen molar-refractivity contribution in [1.29, 1.82) is 0 Å². The van der Waals surface area contributed by atoms with Crippen LogP contribution in [0.25, 0.3) is 0 Å². The minimum Gasteiger partial charge on any atom is -0.366 e. The molecule has 0 atom stereocenters. The lowest BCUT2D eigenvalue weighted by Crippen LogP contribution is -2.22. The summed E-state index contributed by atoms with van der Waals surface area (Å²) in [5.74, 6) is -0.397. The van der Waals surface area contributed by atoms with Crippen LogP contribution in [0, 0.1) is 6.92 Å². The summed E-state index contributed by atoms with van der Waals surface area (Å²) in [7, 11) is 0. The lowest BCUT2D eigenvalue weighted by Gasteiger charge is -2.27. The zero-order chi connectivity index (χ0) is 21.0. The van der Waals surface area contributed by atoms with Gasteiger partial charge in [0.25, 0.3) is 0 Å². The maximum atomic E-state index is 11.3. The monoisotopic (exact) mass is 386 g/mol. The molecule has 0 aromatic heterocycles. The van der Waals surface area contributed by atoms with Gasteiger partial charge in [0.1, 0.15) is 0 Å². The Morgan fingerprint density at radius 2 is 1.28 bits per heavy atom. The third-order valence-electron chi connectivity index (χ3n) is 5.20. The van der Waals surface area contributed by atoms with E-state index in [0.29, 0.717) is 5.56 Å². The van der Waals surface area contributed by atoms with E-state index in [1.54, 1.807) is 12.1 Å². The van der Waals surface area contributed by atoms with Gasteiger partial charge in [-0.2, -0.15) is 0 Å². The molecule has 3 rings (SSSR count). The van der Waals surface area contributed by atoms with Gasteiger partial charge in [-0.1, -0.05) is 74.9 Å². The van der Waals surface area contributed by atoms with Crippen molar-refractivity contribution in [3.05, 3.63) is 101 Å². The van der Waals surface area contributed by atoms with Crippen molar-refractivity contribution >= 4 is 11.6 Å². The van der Waals surface area contributed by atoms with Gasteiger partial charge in [0.05, 0.1) is 0 Å². The van der Waals surface area contributed by atoms with Crippen molar-refractivity contribution in [2.24, 2.45) is 5.73 Å². The largest absolute Gasteiger partial charge is 0.366 e. The van der Waals surface area contributed by atoms with Gasteiger partial charge < -0.3 is 10.6 Å². The maximum absolute atomic E-state index is 11.3. The highest BCUT2D eigenvalue weighted by Gasteiger charge is 2.15. The third-order valence-corrected chi connectivity index (χ3v) is 5.20. The normalized spacial score (nSPS) is 11.3. The van der Waals surface area contributed by atoms with Crippen LogP contribution in [0.2, 0.25) is 0 Å². The van der Waals surface area contributed by atoms with E-state index in [-0.39, 0.29) is 5.41 Å². The molecule has 3 nitrogen and oxygen atoms in total. The number of primary amides is 1. The minimum atomic E-state index is -0.397. The van der Waals surface area contributed by atoms with E-state index in [1.165, 1.54) is 22.4 Å². The molecule has 3 aromatic rings. The van der Waals surface area contributed by atoms with Crippen molar-refractivity contribution < 1.29 is 4.79 Å². The molecule has 0 bridgehead atoms. The number of nitrogens with zero attached hydrogens (tertiary/aromatic N) is 1. The van der Waals surface area contributed by atoms with E-state index in [1.807, 2.05) is 12.1 Å². The van der Waals surface area contributed by atoms with Crippen LogP contribution in [-0.2, 0) is 18.5 Å². The van der Waals surface area contributed by atoms with E-state index < -0.39 is 5.91 Å². The number of benzene rings is 3. The molecular formula is C26H30N2O. The summed E-state index contributed by atoms with van der Waals surface area (Å²) in [6.07, 6.45) is 0. The number of amides is 1. The Morgan fingerprint density at radius 3 is 1.72 bits per heavy atom. The Labute approximate surface area is 174 Å². The quantitative estimate of drug-likeness (QED) is 0.599. The molecule has 29 heavy (non-hydrogen) atoms. The van der Waals surface area contributed by atoms with Crippen molar-refractivity contribution in [3.63, 3.8) is 0 Å². The van der Waals surface area contributed by atoms with Gasteiger partial charge in [-0.3, -0.25) is 4.79 Å². The van der Waals surface area contributed by atoms with Gasteiger partial charge in [-0.05, 0) is 53.3 Å². The molecule has 2 N–H and O–H groups in total. The third kappa shape index (κ3) is 5.47. The number of nitrogens with two attached hydrogens (primary N) is 1. The number of carbonyl (C=O) groups is 1. The summed E-state index contributed by atoms with van der Waals surface area (Å²) < 4.78 is 0. The standard InChI is InChI=1S/C26H30N2O/c1-19-5-7-20(8-6-19)17-28(18-21-9-11-22(12-10-21)25(27)29)24-15-13-23(14-16-24)26(2,3)4/h5-16H,17-18H2,1-4H3,(H2,27,29). The Balaban J connectivity index is 1.88. The number of hydrogen-bond donors (Lipinski definition) is 1. The molecule has 0 aliphatic rings. The molecule has 3 aromatic carbocycles. The summed E-state index contributed by atoms with van der Waals surface area (Å²) in [5.41, 5.74) is 12.2. The van der Waals surface area contributed by atoms with E-state index >= 15 is 0 Å². The van der Waals surface area contributed by atoms with E-state index in [2.05, 4.69) is 81.1 Å². The van der Waals surface area contributed by atoms with Crippen molar-refractivity contribution in [2.45, 2.75) is 46.2 Å². The average molecular weight is 387 g/mol. The SMILES string of the molecule is Cc1ccc(CN(Cc2ccc(C(N)=O)cc2)c2ccc(C(C)(C)C)cc2)cc1. The molecule has 1 amide bonds. The van der Waals surface area contributed by atoms with Crippen LogP contribution < -0.4 is 10.6 Å². The smallest absolute Gasteiger partial charge is 0.248 e. The van der Waals surface area contributed by atoms with Crippen LogP contribution in [0.1, 0.15) is 53.4 Å². The Morgan fingerprint density at radius 1 is 0.793 bits per heavy atom. The van der Waals surface area contributed by atoms with Gasteiger partial charge in [0, 0.05) is 24.3 Å². The number of anilines is 1. The predicted octanol–water partition coefficient (Wildman–Crippen LogP) is 5.60. The highest BCUT2D eigenvalue weighted by molar-refractivity contribution is 5.92. The van der Waals surface area contributed by atoms with Crippen LogP contribution in [0.4, 0.5) is 5.69 Å². The fraction of sp³-hybridized carbons (Fsp3) is 0.269. The molecule has 0 fully saturated rings. The molecule has 0 spiro atoms. The van der Waals surface area contributed by atoms with E-state index in [9.17, 15) is 4.79 Å². The van der Waals surface area contributed by atoms with E-state index in [4.69, 9.17) is 5.73 Å². The van der Waals surface area contributed by atoms with Gasteiger partial charge in [-0.25, -0.2) is 0 Å². The van der Waals surface area contributed by atoms with Gasteiger partial charge in [0.2, 0.25) is 5.91 Å². The Bertz CT molecular complexity index is 950. The predicted molar refractivity (Wildman–Crippen MR) is 121 cm³/mol. The second-order valence-corrected chi connectivity index (χ2v) is 8.70. The van der Waals surface area contributed by atoms with Crippen molar-refractivity contribution in [2.75, 3.05) is 4.90 Å². The highest BCUT2D eigenvalue weighted by atomic mass is 16.1. The summed E-state index contributed by atoms with van der Waals surface area (Å²) in [5, 5.41) is 0. The molecule has 0 radical (unpaired) electrons. The van der Waals surface area contributed by atoms with Gasteiger partial charge >= 0.3 is 0 Å². The van der Waals surface area contributed by atoms with Gasteiger partial charge in [0.15, 0.2) is 0 Å². The zero-order valence-electron chi connectivity index (χ0n) is 17.8. The van der Waals surface area contributed by atoms with Crippen LogP contribution >= 0.6 is 0 Å². The summed E-state index contributed by atoms with van der Waals surface area (Å²) >= 11 is 0. The number of hydrogen-bond acceptors (Lipinski definition) is 2. The van der Waals surface area contributed by atoms with Crippen LogP contribution in [-0.4, -0.2) is 5.91 Å². The second-order valence-electron chi connectivity index (χ2n) is 8.70. The number of carbonyl (C=O) groups excluding carboxylic acids is 1. The first kappa shape index (κ1) is 20.7. The average Bonchev–Trinajstić information content (AvgIpc) is 2.69. The fourth-order valence-electron chi connectivity index (χ4n) is 3.32. The van der Waals surface area contributed by atoms with Crippen LogP contribution in [0.15, 0.2) is 72.8 Å². The number of rotatable bonds is 6. The Kier molecular flexibility index (Phi) is 6.07. The molecule has 0 saturated carbocycles. The molecule has 0 aliphatic heterocycles. The van der Waals surface area contributed by atoms with Crippen molar-refractivity contribution in [3.8, 4) is 0 Å². The summed E-state index contributed by atoms with van der Waals surface area (Å²) in [6.45, 7) is 10.4. The molecule has 0 saturated heterocycles. The fourth-order valence-corrected chi connectivity index (χ4v) is 3.32. The molecule has 0 heterocycles. The summed E-state index contributed by atoms with van der Waals surface area (Å²) in [4.78, 5) is 13.7. The molecule has 3 heteroatoms. The first-order valence-corrected chi connectivity index (χ1v) is 10.0. The second kappa shape index (κ2) is 8.52. The first-order valence-electron chi connectivity index (χ1n) is 10.0. The maximum Gasteiger partial charge on any atom is 0.248 e. The van der Waals surface area contributed by atoms with Crippen LogP contribution in [0.3, 0.4) is 0 Å². The first-order chi connectivity index (χ1) is 13.7. The Hall–Kier alpha value is -3.07. The molecule has 0 aliphatic carbocycles. The molecule has 0 unspecified atom stereocenters.